The molecule has 0 unspecified atom stereocenters. The summed E-state index contributed by atoms with van der Waals surface area (Å²) >= 11 is 0. The fourth-order valence-corrected chi connectivity index (χ4v) is 8.45. The van der Waals surface area contributed by atoms with Gasteiger partial charge in [-0.2, -0.15) is 0 Å². The SMILES string of the molecule is c1ccc2cc(-c3nc(-c4ccc(-c5cncnc5)cc4)nc(-c4cc(-c5cc6cccnc6c6ncccc56)cc(-c5cc6cccnc6c6ncccc56)c4)n3)ccc2c1. The second kappa shape index (κ2) is 14.5. The minimum atomic E-state index is 0.538. The second-order valence-corrected chi connectivity index (χ2v) is 15.2. The molecule has 0 spiro atoms. The highest BCUT2D eigenvalue weighted by atomic mass is 15.0. The van der Waals surface area contributed by atoms with E-state index < -0.39 is 0 Å². The third-order valence-corrected chi connectivity index (χ3v) is 11.4. The molecule has 9 heteroatoms. The van der Waals surface area contributed by atoms with Gasteiger partial charge in [0.05, 0.1) is 22.1 Å². The van der Waals surface area contributed by atoms with Crippen LogP contribution in [0.15, 0.2) is 189 Å². The zero-order valence-electron chi connectivity index (χ0n) is 32.9. The number of benzene rings is 6. The van der Waals surface area contributed by atoms with E-state index in [9.17, 15) is 0 Å². The highest BCUT2D eigenvalue weighted by molar-refractivity contribution is 6.12. The summed E-state index contributed by atoms with van der Waals surface area (Å²) in [5.74, 6) is 1.66. The molecule has 12 aromatic rings. The van der Waals surface area contributed by atoms with Crippen molar-refractivity contribution in [3.63, 3.8) is 0 Å². The van der Waals surface area contributed by atoms with Crippen LogP contribution in [0.3, 0.4) is 0 Å². The molecule has 288 valence electrons. The molecule has 0 saturated carbocycles. The van der Waals surface area contributed by atoms with E-state index in [1.807, 2.05) is 97.8 Å². The molecule has 12 rings (SSSR count). The lowest BCUT2D eigenvalue weighted by Crippen LogP contribution is -2.01. The first-order valence-electron chi connectivity index (χ1n) is 20.2. The van der Waals surface area contributed by atoms with Crippen molar-refractivity contribution in [3.05, 3.63) is 189 Å². The third kappa shape index (κ3) is 6.15. The number of aromatic nitrogens is 9. The molecule has 6 aromatic heterocycles. The predicted octanol–water partition coefficient (Wildman–Crippen LogP) is 12.0. The maximum Gasteiger partial charge on any atom is 0.164 e. The first-order valence-corrected chi connectivity index (χ1v) is 20.2. The molecule has 9 nitrogen and oxygen atoms in total. The van der Waals surface area contributed by atoms with Crippen molar-refractivity contribution < 1.29 is 0 Å². The molecule has 0 aliphatic rings. The van der Waals surface area contributed by atoms with Gasteiger partial charge in [0.1, 0.15) is 6.33 Å². The molecule has 0 N–H and O–H groups in total. The molecule has 62 heavy (non-hydrogen) atoms. The van der Waals surface area contributed by atoms with E-state index >= 15 is 0 Å². The molecule has 0 aliphatic carbocycles. The van der Waals surface area contributed by atoms with Gasteiger partial charge in [0.2, 0.25) is 0 Å². The second-order valence-electron chi connectivity index (χ2n) is 15.2. The molecule has 0 atom stereocenters. The predicted molar refractivity (Wildman–Crippen MR) is 247 cm³/mol. The summed E-state index contributed by atoms with van der Waals surface area (Å²) in [4.78, 5) is 43.3. The topological polar surface area (TPSA) is 116 Å². The molecular weight excluding hydrogens is 763 g/mol. The average Bonchev–Trinajstić information content (AvgIpc) is 3.35. The first-order chi connectivity index (χ1) is 30.7. The van der Waals surface area contributed by atoms with Crippen molar-refractivity contribution >= 4 is 54.4 Å². The van der Waals surface area contributed by atoms with Crippen molar-refractivity contribution in [2.45, 2.75) is 0 Å². The van der Waals surface area contributed by atoms with Crippen LogP contribution in [0.2, 0.25) is 0 Å². The maximum absolute atomic E-state index is 5.28. The summed E-state index contributed by atoms with van der Waals surface area (Å²) in [6, 6.07) is 50.1. The Morgan fingerprint density at radius 2 is 0.758 bits per heavy atom. The van der Waals surface area contributed by atoms with Crippen molar-refractivity contribution in [3.8, 4) is 67.5 Å². The number of rotatable bonds is 6. The van der Waals surface area contributed by atoms with E-state index in [0.717, 1.165) is 104 Å². The largest absolute Gasteiger partial charge is 0.254 e. The average molecular weight is 794 g/mol. The van der Waals surface area contributed by atoms with Gasteiger partial charge in [0.15, 0.2) is 17.5 Å². The minimum Gasteiger partial charge on any atom is -0.254 e. The Balaban J connectivity index is 1.13. The van der Waals surface area contributed by atoms with Crippen molar-refractivity contribution in [1.29, 1.82) is 0 Å². The molecule has 0 aliphatic heterocycles. The highest BCUT2D eigenvalue weighted by Crippen LogP contribution is 2.41. The Kier molecular flexibility index (Phi) is 8.27. The van der Waals surface area contributed by atoms with E-state index in [1.165, 1.54) is 6.33 Å². The van der Waals surface area contributed by atoms with Gasteiger partial charge in [-0.05, 0) is 99.3 Å². The van der Waals surface area contributed by atoms with Gasteiger partial charge in [-0.25, -0.2) is 24.9 Å². The summed E-state index contributed by atoms with van der Waals surface area (Å²) in [6.45, 7) is 0. The number of hydrogen-bond donors (Lipinski definition) is 0. The van der Waals surface area contributed by atoms with Gasteiger partial charge in [-0.1, -0.05) is 84.9 Å². The molecule has 0 radical (unpaired) electrons. The van der Waals surface area contributed by atoms with Gasteiger partial charge >= 0.3 is 0 Å². The minimum absolute atomic E-state index is 0.538. The zero-order chi connectivity index (χ0) is 41.0. The normalized spacial score (nSPS) is 11.5. The third-order valence-electron chi connectivity index (χ3n) is 11.4. The monoisotopic (exact) mass is 793 g/mol. The molecule has 6 aromatic carbocycles. The molecule has 0 fully saturated rings. The zero-order valence-corrected chi connectivity index (χ0v) is 32.9. The van der Waals surface area contributed by atoms with Crippen LogP contribution in [-0.4, -0.2) is 44.9 Å². The Bertz CT molecular complexity index is 3570. The Morgan fingerprint density at radius 1 is 0.290 bits per heavy atom. The van der Waals surface area contributed by atoms with Crippen LogP contribution in [0, 0.1) is 0 Å². The summed E-state index contributed by atoms with van der Waals surface area (Å²) in [7, 11) is 0. The summed E-state index contributed by atoms with van der Waals surface area (Å²) in [5, 5.41) is 6.23. The van der Waals surface area contributed by atoms with Crippen molar-refractivity contribution in [1.82, 2.24) is 44.9 Å². The van der Waals surface area contributed by atoms with Crippen molar-refractivity contribution in [2.75, 3.05) is 0 Å². The molecular formula is C53H31N9. The summed E-state index contributed by atoms with van der Waals surface area (Å²) in [5.41, 5.74) is 11.9. The summed E-state index contributed by atoms with van der Waals surface area (Å²) < 4.78 is 0. The number of nitrogens with zero attached hydrogens (tertiary/aromatic N) is 9. The lowest BCUT2D eigenvalue weighted by molar-refractivity contribution is 1.07. The lowest BCUT2D eigenvalue weighted by atomic mass is 9.91. The van der Waals surface area contributed by atoms with Gasteiger partial charge < -0.3 is 0 Å². The van der Waals surface area contributed by atoms with E-state index in [-0.39, 0.29) is 0 Å². The van der Waals surface area contributed by atoms with E-state index in [2.05, 4.69) is 94.9 Å². The van der Waals surface area contributed by atoms with E-state index in [0.29, 0.717) is 17.5 Å². The van der Waals surface area contributed by atoms with Crippen LogP contribution in [0.5, 0.6) is 0 Å². The lowest BCUT2D eigenvalue weighted by Gasteiger charge is -2.16. The van der Waals surface area contributed by atoms with E-state index in [1.54, 1.807) is 0 Å². The van der Waals surface area contributed by atoms with Crippen LogP contribution in [0.4, 0.5) is 0 Å². The van der Waals surface area contributed by atoms with Gasteiger partial charge in [0, 0.05) is 81.0 Å². The Labute approximate surface area is 354 Å². The Morgan fingerprint density at radius 3 is 1.37 bits per heavy atom. The van der Waals surface area contributed by atoms with Gasteiger partial charge in [-0.3, -0.25) is 19.9 Å². The first kappa shape index (κ1) is 35.3. The maximum atomic E-state index is 5.28. The van der Waals surface area contributed by atoms with Crippen LogP contribution >= 0.6 is 0 Å². The summed E-state index contributed by atoms with van der Waals surface area (Å²) in [6.07, 6.45) is 12.4. The van der Waals surface area contributed by atoms with Crippen LogP contribution in [-0.2, 0) is 0 Å². The molecule has 0 amide bonds. The Hall–Kier alpha value is -8.69. The number of hydrogen-bond acceptors (Lipinski definition) is 9. The van der Waals surface area contributed by atoms with Crippen LogP contribution < -0.4 is 0 Å². The van der Waals surface area contributed by atoms with Gasteiger partial charge in [0.25, 0.3) is 0 Å². The smallest absolute Gasteiger partial charge is 0.164 e. The van der Waals surface area contributed by atoms with Crippen LogP contribution in [0.25, 0.3) is 122 Å². The van der Waals surface area contributed by atoms with E-state index in [4.69, 9.17) is 34.9 Å². The molecule has 0 bridgehead atoms. The molecule has 0 saturated heterocycles. The fourth-order valence-electron chi connectivity index (χ4n) is 8.45. The van der Waals surface area contributed by atoms with Crippen LogP contribution in [0.1, 0.15) is 0 Å². The molecule has 6 heterocycles. The number of fused-ring (bicyclic) bond motifs is 7. The standard InChI is InChI=1S/C53H31N9/c1-2-8-35-23-38(18-15-32(35)7-1)52-60-51(34-16-13-33(14-17-34)42-29-54-31-55-30-42)61-53(62-52)41-25-39(45-27-36-9-3-19-56-47(36)49-43(45)11-5-21-58-49)24-40(26-41)46-28-37-10-4-20-57-48(37)50-44(46)12-6-22-59-50/h1-31H. The quantitative estimate of drug-likeness (QED) is 0.152. The van der Waals surface area contributed by atoms with Gasteiger partial charge in [-0.15, -0.1) is 0 Å². The number of pyridine rings is 4. The highest BCUT2D eigenvalue weighted by Gasteiger charge is 2.19. The van der Waals surface area contributed by atoms with Crippen molar-refractivity contribution in [2.24, 2.45) is 0 Å². The fraction of sp³-hybridized carbons (Fsp3) is 0.